The predicted molar refractivity (Wildman–Crippen MR) is 138 cm³/mol. The van der Waals surface area contributed by atoms with E-state index < -0.39 is 0 Å². The Bertz CT molecular complexity index is 1110. The monoisotopic (exact) mass is 436 g/mol. The van der Waals surface area contributed by atoms with Gasteiger partial charge in [-0.3, -0.25) is 5.43 Å². The minimum Gasteiger partial charge on any atom is -0.357 e. The summed E-state index contributed by atoms with van der Waals surface area (Å²) in [4.78, 5) is 2.22. The Balaban J connectivity index is 1.40. The second-order valence-electron chi connectivity index (χ2n) is 7.14. The van der Waals surface area contributed by atoms with Crippen molar-refractivity contribution in [3.05, 3.63) is 126 Å². The summed E-state index contributed by atoms with van der Waals surface area (Å²) in [5, 5.41) is 7.88. The Hall–Kier alpha value is -3.96. The first kappa shape index (κ1) is 21.3. The van der Waals surface area contributed by atoms with E-state index in [1.54, 1.807) is 6.21 Å². The van der Waals surface area contributed by atoms with Gasteiger partial charge in [0.2, 0.25) is 0 Å². The molecule has 0 saturated carbocycles. The SMILES string of the molecule is S=C(NCc1ccccc1)NN=Cc1ccc(N(c2ccccc2)c2ccccc2)cc1. The van der Waals surface area contributed by atoms with E-state index in [1.807, 2.05) is 66.7 Å². The minimum absolute atomic E-state index is 0.487. The zero-order valence-electron chi connectivity index (χ0n) is 17.6. The number of nitrogens with zero attached hydrogens (tertiary/aromatic N) is 2. The van der Waals surface area contributed by atoms with E-state index in [0.29, 0.717) is 11.7 Å². The quantitative estimate of drug-likeness (QED) is 0.207. The van der Waals surface area contributed by atoms with Gasteiger partial charge in [-0.25, -0.2) is 0 Å². The number of hydrogen-bond donors (Lipinski definition) is 2. The summed E-state index contributed by atoms with van der Waals surface area (Å²) in [5.41, 5.74) is 8.31. The van der Waals surface area contributed by atoms with Crippen molar-refractivity contribution in [3.63, 3.8) is 0 Å². The van der Waals surface area contributed by atoms with Gasteiger partial charge in [-0.2, -0.15) is 5.10 Å². The minimum atomic E-state index is 0.487. The zero-order valence-corrected chi connectivity index (χ0v) is 18.4. The highest BCUT2D eigenvalue weighted by Gasteiger charge is 2.11. The topological polar surface area (TPSA) is 39.7 Å². The Morgan fingerprint density at radius 1 is 0.688 bits per heavy atom. The van der Waals surface area contributed by atoms with Crippen LogP contribution >= 0.6 is 12.2 Å². The molecule has 0 aliphatic rings. The molecule has 0 aliphatic heterocycles. The summed E-state index contributed by atoms with van der Waals surface area (Å²) >= 11 is 5.29. The van der Waals surface area contributed by atoms with Crippen LogP contribution in [0.1, 0.15) is 11.1 Å². The summed E-state index contributed by atoms with van der Waals surface area (Å²) in [6.45, 7) is 0.658. The van der Waals surface area contributed by atoms with Crippen LogP contribution in [0.15, 0.2) is 120 Å². The molecule has 0 radical (unpaired) electrons. The molecule has 158 valence electrons. The summed E-state index contributed by atoms with van der Waals surface area (Å²) in [7, 11) is 0. The maximum absolute atomic E-state index is 5.29. The fourth-order valence-corrected chi connectivity index (χ4v) is 3.42. The van der Waals surface area contributed by atoms with E-state index in [-0.39, 0.29) is 0 Å². The van der Waals surface area contributed by atoms with Crippen molar-refractivity contribution in [1.82, 2.24) is 10.7 Å². The van der Waals surface area contributed by atoms with Gasteiger partial charge in [0.05, 0.1) is 6.21 Å². The third kappa shape index (κ3) is 5.80. The molecule has 0 atom stereocenters. The van der Waals surface area contributed by atoms with Crippen LogP contribution < -0.4 is 15.6 Å². The van der Waals surface area contributed by atoms with E-state index in [0.717, 1.165) is 28.2 Å². The number of rotatable bonds is 7. The number of hydrogen-bond acceptors (Lipinski definition) is 3. The third-order valence-corrected chi connectivity index (χ3v) is 5.09. The molecule has 0 saturated heterocycles. The summed E-state index contributed by atoms with van der Waals surface area (Å²) < 4.78 is 0. The smallest absolute Gasteiger partial charge is 0.187 e. The molecule has 0 spiro atoms. The van der Waals surface area contributed by atoms with E-state index in [2.05, 4.69) is 69.3 Å². The van der Waals surface area contributed by atoms with Gasteiger partial charge in [0, 0.05) is 23.6 Å². The van der Waals surface area contributed by atoms with Crippen molar-refractivity contribution in [3.8, 4) is 0 Å². The van der Waals surface area contributed by atoms with Crippen LogP contribution in [0.2, 0.25) is 0 Å². The van der Waals surface area contributed by atoms with Crippen molar-refractivity contribution in [1.29, 1.82) is 0 Å². The first-order chi connectivity index (χ1) is 15.8. The average molecular weight is 437 g/mol. The molecule has 0 aliphatic carbocycles. The highest BCUT2D eigenvalue weighted by atomic mass is 32.1. The maximum atomic E-state index is 5.29. The zero-order chi connectivity index (χ0) is 22.0. The van der Waals surface area contributed by atoms with Crippen molar-refractivity contribution in [2.45, 2.75) is 6.54 Å². The highest BCUT2D eigenvalue weighted by Crippen LogP contribution is 2.33. The van der Waals surface area contributed by atoms with Gasteiger partial charge in [-0.15, -0.1) is 0 Å². The lowest BCUT2D eigenvalue weighted by Crippen LogP contribution is -2.31. The van der Waals surface area contributed by atoms with E-state index in [9.17, 15) is 0 Å². The van der Waals surface area contributed by atoms with E-state index >= 15 is 0 Å². The van der Waals surface area contributed by atoms with Gasteiger partial charge >= 0.3 is 0 Å². The maximum Gasteiger partial charge on any atom is 0.187 e. The Morgan fingerprint density at radius 2 is 1.19 bits per heavy atom. The molecular formula is C27H24N4S. The van der Waals surface area contributed by atoms with Crippen molar-refractivity contribution < 1.29 is 0 Å². The van der Waals surface area contributed by atoms with Crippen LogP contribution in [0.4, 0.5) is 17.1 Å². The molecule has 4 rings (SSSR count). The van der Waals surface area contributed by atoms with Crippen molar-refractivity contribution in [2.24, 2.45) is 5.10 Å². The van der Waals surface area contributed by atoms with Gasteiger partial charge in [0.25, 0.3) is 0 Å². The van der Waals surface area contributed by atoms with Gasteiger partial charge in [-0.1, -0.05) is 78.9 Å². The molecule has 0 heterocycles. The van der Waals surface area contributed by atoms with E-state index in [1.165, 1.54) is 0 Å². The molecule has 0 amide bonds. The highest BCUT2D eigenvalue weighted by molar-refractivity contribution is 7.80. The van der Waals surface area contributed by atoms with Gasteiger partial charge < -0.3 is 10.2 Å². The molecule has 2 N–H and O–H groups in total. The number of anilines is 3. The normalized spacial score (nSPS) is 10.6. The molecule has 4 aromatic rings. The lowest BCUT2D eigenvalue weighted by atomic mass is 10.1. The molecule has 0 bridgehead atoms. The predicted octanol–water partition coefficient (Wildman–Crippen LogP) is 6.15. The van der Waals surface area contributed by atoms with Crippen LogP contribution in [-0.2, 0) is 6.54 Å². The van der Waals surface area contributed by atoms with Crippen LogP contribution in [0.25, 0.3) is 0 Å². The molecule has 4 nitrogen and oxygen atoms in total. The summed E-state index contributed by atoms with van der Waals surface area (Å²) in [6.07, 6.45) is 1.76. The summed E-state index contributed by atoms with van der Waals surface area (Å²) in [6, 6.07) is 39.0. The average Bonchev–Trinajstić information content (AvgIpc) is 2.86. The Labute approximate surface area is 194 Å². The molecule has 0 fully saturated rings. The number of thiocarbonyl (C=S) groups is 1. The molecular weight excluding hydrogens is 412 g/mol. The summed E-state index contributed by atoms with van der Waals surface area (Å²) in [5.74, 6) is 0. The van der Waals surface area contributed by atoms with Gasteiger partial charge in [0.15, 0.2) is 5.11 Å². The van der Waals surface area contributed by atoms with E-state index in [4.69, 9.17) is 12.2 Å². The Kier molecular flexibility index (Phi) is 7.24. The molecule has 0 unspecified atom stereocenters. The van der Waals surface area contributed by atoms with Crippen LogP contribution in [0.5, 0.6) is 0 Å². The lowest BCUT2D eigenvalue weighted by Gasteiger charge is -2.25. The molecule has 4 aromatic carbocycles. The van der Waals surface area contributed by atoms with Crippen molar-refractivity contribution >= 4 is 40.6 Å². The molecule has 0 aromatic heterocycles. The van der Waals surface area contributed by atoms with Gasteiger partial charge in [0.1, 0.15) is 0 Å². The first-order valence-electron chi connectivity index (χ1n) is 10.4. The largest absolute Gasteiger partial charge is 0.357 e. The number of nitrogens with one attached hydrogen (secondary N) is 2. The number of hydrazone groups is 1. The van der Waals surface area contributed by atoms with Crippen LogP contribution in [0, 0.1) is 0 Å². The Morgan fingerprint density at radius 3 is 1.75 bits per heavy atom. The fraction of sp³-hybridized carbons (Fsp3) is 0.0370. The molecule has 32 heavy (non-hydrogen) atoms. The standard InChI is InChI=1S/C27H24N4S/c32-27(28-20-22-10-4-1-5-11-22)30-29-21-23-16-18-26(19-17-23)31(24-12-6-2-7-13-24)25-14-8-3-9-15-25/h1-19,21H,20H2,(H2,28,30,32). The number of para-hydroxylation sites is 2. The van der Waals surface area contributed by atoms with Crippen molar-refractivity contribution in [2.75, 3.05) is 4.90 Å². The second kappa shape index (κ2) is 10.9. The van der Waals surface area contributed by atoms with Crippen LogP contribution in [-0.4, -0.2) is 11.3 Å². The van der Waals surface area contributed by atoms with Gasteiger partial charge in [-0.05, 0) is 59.7 Å². The fourth-order valence-electron chi connectivity index (χ4n) is 3.29. The van der Waals surface area contributed by atoms with Crippen LogP contribution in [0.3, 0.4) is 0 Å². The third-order valence-electron chi connectivity index (χ3n) is 4.86. The molecule has 5 heteroatoms. The first-order valence-corrected chi connectivity index (χ1v) is 10.8. The number of benzene rings is 4. The lowest BCUT2D eigenvalue weighted by molar-refractivity contribution is 0.869. The second-order valence-corrected chi connectivity index (χ2v) is 7.54.